The normalized spacial score (nSPS) is 19.4. The third-order valence-corrected chi connectivity index (χ3v) is 5.92. The van der Waals surface area contributed by atoms with Crippen LogP contribution < -0.4 is 11.1 Å². The molecule has 1 aliphatic heterocycles. The Hall–Kier alpha value is -2.64. The SMILES string of the molecule is CC1N=C(C(N)=CC=NCc2ccc(Cl)cc2)SC1C(=O)NCc1cccnc1. The standard InChI is InChI=1S/C21H22ClN5OS/c1-14-19(20(28)26-13-16-3-2-9-24-12-16)29-21(27-14)18(23)8-10-25-11-15-4-6-17(22)7-5-15/h2-10,12,14,19H,11,13,23H2,1H3,(H,26,28). The van der Waals surface area contributed by atoms with Gasteiger partial charge in [-0.3, -0.25) is 19.8 Å². The Bertz CT molecular complexity index is 928. The van der Waals surface area contributed by atoms with E-state index in [0.717, 1.165) is 11.1 Å². The summed E-state index contributed by atoms with van der Waals surface area (Å²) < 4.78 is 0. The molecule has 150 valence electrons. The van der Waals surface area contributed by atoms with Gasteiger partial charge in [0.1, 0.15) is 10.3 Å². The molecule has 2 atom stereocenters. The minimum absolute atomic E-state index is 0.0608. The largest absolute Gasteiger partial charge is 0.397 e. The number of nitrogens with one attached hydrogen (secondary N) is 1. The van der Waals surface area contributed by atoms with E-state index in [9.17, 15) is 4.79 Å². The average molecular weight is 428 g/mol. The smallest absolute Gasteiger partial charge is 0.236 e. The van der Waals surface area contributed by atoms with Crippen LogP contribution in [0.4, 0.5) is 0 Å². The maximum Gasteiger partial charge on any atom is 0.236 e. The molecule has 0 saturated carbocycles. The lowest BCUT2D eigenvalue weighted by Crippen LogP contribution is -2.36. The van der Waals surface area contributed by atoms with Gasteiger partial charge in [-0.25, -0.2) is 0 Å². The average Bonchev–Trinajstić information content (AvgIpc) is 3.13. The van der Waals surface area contributed by atoms with E-state index in [1.807, 2.05) is 43.3 Å². The van der Waals surface area contributed by atoms with E-state index in [0.29, 0.717) is 28.9 Å². The molecule has 0 aliphatic carbocycles. The number of aromatic nitrogens is 1. The molecule has 2 heterocycles. The Morgan fingerprint density at radius 2 is 2.10 bits per heavy atom. The number of benzene rings is 1. The Balaban J connectivity index is 1.51. The number of amides is 1. The molecule has 3 rings (SSSR count). The van der Waals surface area contributed by atoms with Crippen LogP contribution in [0.3, 0.4) is 0 Å². The first kappa shape index (κ1) is 21.1. The summed E-state index contributed by atoms with van der Waals surface area (Å²) in [7, 11) is 0. The van der Waals surface area contributed by atoms with Gasteiger partial charge in [0.05, 0.1) is 18.3 Å². The molecule has 29 heavy (non-hydrogen) atoms. The first-order valence-electron chi connectivity index (χ1n) is 9.14. The molecule has 6 nitrogen and oxygen atoms in total. The quantitative estimate of drug-likeness (QED) is 0.662. The second-order valence-electron chi connectivity index (χ2n) is 6.53. The van der Waals surface area contributed by atoms with Gasteiger partial charge < -0.3 is 11.1 Å². The number of hydrogen-bond donors (Lipinski definition) is 2. The molecule has 2 aromatic rings. The van der Waals surface area contributed by atoms with Crippen molar-refractivity contribution in [2.45, 2.75) is 31.3 Å². The van der Waals surface area contributed by atoms with Gasteiger partial charge >= 0.3 is 0 Å². The lowest BCUT2D eigenvalue weighted by molar-refractivity contribution is -0.120. The zero-order valence-electron chi connectivity index (χ0n) is 16.0. The van der Waals surface area contributed by atoms with Gasteiger partial charge in [-0.2, -0.15) is 0 Å². The van der Waals surface area contributed by atoms with Crippen LogP contribution in [0, 0.1) is 0 Å². The number of nitrogens with two attached hydrogens (primary N) is 1. The van der Waals surface area contributed by atoms with Gasteiger partial charge in [0, 0.05) is 30.2 Å². The highest BCUT2D eigenvalue weighted by atomic mass is 35.5. The number of carbonyl (C=O) groups excluding carboxylic acids is 1. The second kappa shape index (κ2) is 10.2. The van der Waals surface area contributed by atoms with E-state index in [1.54, 1.807) is 24.7 Å². The zero-order chi connectivity index (χ0) is 20.6. The highest BCUT2D eigenvalue weighted by Crippen LogP contribution is 2.29. The van der Waals surface area contributed by atoms with Crippen molar-refractivity contribution in [1.29, 1.82) is 0 Å². The molecular weight excluding hydrogens is 406 g/mol. The highest BCUT2D eigenvalue weighted by Gasteiger charge is 2.33. The van der Waals surface area contributed by atoms with E-state index in [-0.39, 0.29) is 17.2 Å². The number of hydrogen-bond acceptors (Lipinski definition) is 6. The van der Waals surface area contributed by atoms with Crippen molar-refractivity contribution >= 4 is 40.5 Å². The molecule has 1 amide bonds. The Morgan fingerprint density at radius 3 is 2.83 bits per heavy atom. The van der Waals surface area contributed by atoms with Crippen LogP contribution >= 0.6 is 23.4 Å². The molecule has 0 fully saturated rings. The van der Waals surface area contributed by atoms with Crippen molar-refractivity contribution in [3.63, 3.8) is 0 Å². The Kier molecular flexibility index (Phi) is 7.43. The van der Waals surface area contributed by atoms with E-state index >= 15 is 0 Å². The van der Waals surface area contributed by atoms with Gasteiger partial charge in [0.15, 0.2) is 0 Å². The molecule has 1 aliphatic rings. The minimum Gasteiger partial charge on any atom is -0.397 e. The number of halogens is 1. The molecule has 8 heteroatoms. The molecule has 0 saturated heterocycles. The lowest BCUT2D eigenvalue weighted by atomic mass is 10.2. The fourth-order valence-corrected chi connectivity index (χ4v) is 3.91. The third-order valence-electron chi connectivity index (χ3n) is 4.24. The van der Waals surface area contributed by atoms with Gasteiger partial charge in [-0.1, -0.05) is 41.6 Å². The highest BCUT2D eigenvalue weighted by molar-refractivity contribution is 8.15. The topological polar surface area (TPSA) is 92.7 Å². The van der Waals surface area contributed by atoms with Crippen LogP contribution in [0.15, 0.2) is 70.5 Å². The Morgan fingerprint density at radius 1 is 1.31 bits per heavy atom. The first-order chi connectivity index (χ1) is 14.0. The van der Waals surface area contributed by atoms with Crippen LogP contribution in [0.5, 0.6) is 0 Å². The van der Waals surface area contributed by atoms with Crippen molar-refractivity contribution in [1.82, 2.24) is 10.3 Å². The number of thioether (sulfide) groups is 1. The van der Waals surface area contributed by atoms with Crippen LogP contribution in [0.2, 0.25) is 5.02 Å². The maximum absolute atomic E-state index is 12.5. The van der Waals surface area contributed by atoms with Crippen LogP contribution in [0.1, 0.15) is 18.1 Å². The fourth-order valence-electron chi connectivity index (χ4n) is 2.66. The zero-order valence-corrected chi connectivity index (χ0v) is 17.5. The summed E-state index contributed by atoms with van der Waals surface area (Å²) in [6.07, 6.45) is 6.81. The van der Waals surface area contributed by atoms with Gasteiger partial charge in [-0.05, 0) is 42.3 Å². The molecule has 1 aromatic heterocycles. The van der Waals surface area contributed by atoms with Crippen molar-refractivity contribution in [3.8, 4) is 0 Å². The summed E-state index contributed by atoms with van der Waals surface area (Å²) in [6.45, 7) is 2.89. The molecule has 0 radical (unpaired) electrons. The summed E-state index contributed by atoms with van der Waals surface area (Å²) in [5.74, 6) is -0.0608. The van der Waals surface area contributed by atoms with E-state index < -0.39 is 0 Å². The third kappa shape index (κ3) is 6.17. The molecule has 3 N–H and O–H groups in total. The maximum atomic E-state index is 12.5. The van der Waals surface area contributed by atoms with E-state index in [1.165, 1.54) is 11.8 Å². The van der Waals surface area contributed by atoms with Crippen LogP contribution in [-0.2, 0) is 17.9 Å². The number of pyridine rings is 1. The van der Waals surface area contributed by atoms with E-state index in [4.69, 9.17) is 17.3 Å². The van der Waals surface area contributed by atoms with Gasteiger partial charge in [0.2, 0.25) is 5.91 Å². The van der Waals surface area contributed by atoms with Crippen molar-refractivity contribution in [2.24, 2.45) is 15.7 Å². The number of carbonyl (C=O) groups is 1. The summed E-state index contributed by atoms with van der Waals surface area (Å²) in [6, 6.07) is 11.1. The summed E-state index contributed by atoms with van der Waals surface area (Å²) in [5.41, 5.74) is 8.64. The van der Waals surface area contributed by atoms with Gasteiger partial charge in [0.25, 0.3) is 0 Å². The predicted molar refractivity (Wildman–Crippen MR) is 120 cm³/mol. The lowest BCUT2D eigenvalue weighted by Gasteiger charge is -2.13. The molecule has 0 spiro atoms. The summed E-state index contributed by atoms with van der Waals surface area (Å²) >= 11 is 7.25. The first-order valence-corrected chi connectivity index (χ1v) is 10.4. The summed E-state index contributed by atoms with van der Waals surface area (Å²) in [4.78, 5) is 25.4. The predicted octanol–water partition coefficient (Wildman–Crippen LogP) is 3.37. The minimum atomic E-state index is -0.306. The molecule has 2 unspecified atom stereocenters. The molecular formula is C21H22ClN5OS. The number of nitrogens with zero attached hydrogens (tertiary/aromatic N) is 3. The monoisotopic (exact) mass is 427 g/mol. The Labute approximate surface area is 179 Å². The second-order valence-corrected chi connectivity index (χ2v) is 8.10. The van der Waals surface area contributed by atoms with Crippen molar-refractivity contribution < 1.29 is 4.79 Å². The van der Waals surface area contributed by atoms with E-state index in [2.05, 4.69) is 20.3 Å². The fraction of sp³-hybridized carbons (Fsp3) is 0.238. The number of allylic oxidation sites excluding steroid dienone is 1. The van der Waals surface area contributed by atoms with Crippen molar-refractivity contribution in [3.05, 3.63) is 76.7 Å². The van der Waals surface area contributed by atoms with Crippen molar-refractivity contribution in [2.75, 3.05) is 0 Å². The molecule has 0 bridgehead atoms. The molecule has 1 aromatic carbocycles. The van der Waals surface area contributed by atoms with Crippen LogP contribution in [-0.4, -0.2) is 33.4 Å². The number of rotatable bonds is 7. The number of aliphatic imine (C=N–C) groups is 2. The van der Waals surface area contributed by atoms with Crippen LogP contribution in [0.25, 0.3) is 0 Å². The summed E-state index contributed by atoms with van der Waals surface area (Å²) in [5, 5.41) is 3.99. The van der Waals surface area contributed by atoms with Gasteiger partial charge in [-0.15, -0.1) is 0 Å².